The largest absolute Gasteiger partial charge is 0.465 e. The van der Waals surface area contributed by atoms with Gasteiger partial charge in [0.2, 0.25) is 0 Å². The van der Waals surface area contributed by atoms with Crippen LogP contribution in [0, 0.1) is 17.0 Å². The first-order valence-corrected chi connectivity index (χ1v) is 6.67. The van der Waals surface area contributed by atoms with Crippen LogP contribution in [-0.2, 0) is 11.3 Å². The second-order valence-electron chi connectivity index (χ2n) is 4.80. The fourth-order valence-corrected chi connectivity index (χ4v) is 2.04. The van der Waals surface area contributed by atoms with Gasteiger partial charge in [-0.1, -0.05) is 18.2 Å². The van der Waals surface area contributed by atoms with E-state index in [0.717, 1.165) is 11.1 Å². The normalized spacial score (nSPS) is 10.1. The van der Waals surface area contributed by atoms with Crippen molar-refractivity contribution < 1.29 is 14.5 Å². The van der Waals surface area contributed by atoms with E-state index in [-0.39, 0.29) is 5.69 Å². The number of esters is 1. The van der Waals surface area contributed by atoms with E-state index in [2.05, 4.69) is 10.1 Å². The van der Waals surface area contributed by atoms with Crippen LogP contribution in [0.2, 0.25) is 0 Å². The van der Waals surface area contributed by atoms with Crippen LogP contribution in [0.4, 0.5) is 11.4 Å². The van der Waals surface area contributed by atoms with E-state index in [9.17, 15) is 14.9 Å². The van der Waals surface area contributed by atoms with Gasteiger partial charge in [-0.2, -0.15) is 0 Å². The Kier molecular flexibility index (Phi) is 4.73. The lowest BCUT2D eigenvalue weighted by molar-refractivity contribution is -0.384. The predicted octanol–water partition coefficient (Wildman–Crippen LogP) is 3.30. The monoisotopic (exact) mass is 300 g/mol. The van der Waals surface area contributed by atoms with Crippen molar-refractivity contribution in [1.29, 1.82) is 0 Å². The molecule has 6 nitrogen and oxygen atoms in total. The van der Waals surface area contributed by atoms with Crippen LogP contribution in [0.1, 0.15) is 21.5 Å². The summed E-state index contributed by atoms with van der Waals surface area (Å²) in [6.45, 7) is 2.32. The zero-order chi connectivity index (χ0) is 16.1. The predicted molar refractivity (Wildman–Crippen MR) is 82.9 cm³/mol. The van der Waals surface area contributed by atoms with Crippen molar-refractivity contribution in [3.05, 3.63) is 69.3 Å². The maximum atomic E-state index is 11.5. The summed E-state index contributed by atoms with van der Waals surface area (Å²) in [5, 5.41) is 14.0. The van der Waals surface area contributed by atoms with Gasteiger partial charge in [-0.3, -0.25) is 10.1 Å². The molecule has 0 atom stereocenters. The number of carbonyl (C=O) groups excluding carboxylic acids is 1. The molecule has 2 rings (SSSR count). The highest BCUT2D eigenvalue weighted by atomic mass is 16.6. The van der Waals surface area contributed by atoms with Gasteiger partial charge in [0.15, 0.2) is 0 Å². The van der Waals surface area contributed by atoms with Crippen molar-refractivity contribution in [2.45, 2.75) is 13.5 Å². The average molecular weight is 300 g/mol. The number of rotatable bonds is 5. The first kappa shape index (κ1) is 15.5. The van der Waals surface area contributed by atoms with Crippen molar-refractivity contribution in [3.63, 3.8) is 0 Å². The molecule has 0 aliphatic heterocycles. The lowest BCUT2D eigenvalue weighted by atomic mass is 10.1. The number of nitro groups is 1. The van der Waals surface area contributed by atoms with Crippen LogP contribution < -0.4 is 5.32 Å². The first-order chi connectivity index (χ1) is 10.5. The van der Waals surface area contributed by atoms with E-state index in [1.54, 1.807) is 24.3 Å². The van der Waals surface area contributed by atoms with Gasteiger partial charge in [0.05, 0.1) is 17.6 Å². The van der Waals surface area contributed by atoms with Gasteiger partial charge >= 0.3 is 5.97 Å². The Morgan fingerprint density at radius 2 is 2.05 bits per heavy atom. The number of aryl methyl sites for hydroxylation is 1. The standard InChI is InChI=1S/C16H16N2O4/c1-11-6-7-14(18(20)21)9-15(11)17-10-12-4-3-5-13(8-12)16(19)22-2/h3-9,17H,10H2,1-2H3. The SMILES string of the molecule is COC(=O)c1cccc(CNc2cc([N+](=O)[O-])ccc2C)c1. The van der Waals surface area contributed by atoms with Crippen LogP contribution >= 0.6 is 0 Å². The molecule has 1 N–H and O–H groups in total. The fourth-order valence-electron chi connectivity index (χ4n) is 2.04. The van der Waals surface area contributed by atoms with Gasteiger partial charge in [0.1, 0.15) is 0 Å². The van der Waals surface area contributed by atoms with E-state index in [1.807, 2.05) is 13.0 Å². The Labute approximate surface area is 127 Å². The number of benzene rings is 2. The number of nitrogens with zero attached hydrogens (tertiary/aromatic N) is 1. The van der Waals surface area contributed by atoms with Crippen molar-refractivity contribution in [3.8, 4) is 0 Å². The molecule has 2 aromatic carbocycles. The summed E-state index contributed by atoms with van der Waals surface area (Å²) >= 11 is 0. The van der Waals surface area contributed by atoms with Gasteiger partial charge in [-0.25, -0.2) is 4.79 Å². The van der Waals surface area contributed by atoms with Gasteiger partial charge < -0.3 is 10.1 Å². The summed E-state index contributed by atoms with van der Waals surface area (Å²) in [6, 6.07) is 11.7. The van der Waals surface area contributed by atoms with Gasteiger partial charge in [-0.05, 0) is 30.2 Å². The smallest absolute Gasteiger partial charge is 0.337 e. The second-order valence-corrected chi connectivity index (χ2v) is 4.80. The van der Waals surface area contributed by atoms with E-state index in [4.69, 9.17) is 0 Å². The zero-order valence-electron chi connectivity index (χ0n) is 12.3. The number of methoxy groups -OCH3 is 1. The third-order valence-electron chi connectivity index (χ3n) is 3.26. The molecule has 0 saturated carbocycles. The van der Waals surface area contributed by atoms with Crippen molar-refractivity contribution in [2.24, 2.45) is 0 Å². The van der Waals surface area contributed by atoms with E-state index < -0.39 is 10.9 Å². The van der Waals surface area contributed by atoms with E-state index >= 15 is 0 Å². The van der Waals surface area contributed by atoms with Crippen molar-refractivity contribution >= 4 is 17.3 Å². The summed E-state index contributed by atoms with van der Waals surface area (Å²) in [7, 11) is 1.33. The van der Waals surface area contributed by atoms with Crippen LogP contribution in [-0.4, -0.2) is 18.0 Å². The maximum Gasteiger partial charge on any atom is 0.337 e. The van der Waals surface area contributed by atoms with E-state index in [0.29, 0.717) is 17.8 Å². The van der Waals surface area contributed by atoms with Gasteiger partial charge in [-0.15, -0.1) is 0 Å². The molecule has 0 amide bonds. The molecule has 0 saturated heterocycles. The van der Waals surface area contributed by atoms with Gasteiger partial charge in [0, 0.05) is 24.4 Å². The number of carbonyl (C=O) groups is 1. The van der Waals surface area contributed by atoms with Crippen molar-refractivity contribution in [1.82, 2.24) is 0 Å². The topological polar surface area (TPSA) is 81.5 Å². The second kappa shape index (κ2) is 6.71. The average Bonchev–Trinajstić information content (AvgIpc) is 2.53. The van der Waals surface area contributed by atoms with Crippen LogP contribution in [0.3, 0.4) is 0 Å². The molecule has 0 spiro atoms. The lowest BCUT2D eigenvalue weighted by Gasteiger charge is -2.10. The summed E-state index contributed by atoms with van der Waals surface area (Å²) in [5.74, 6) is -0.395. The Balaban J connectivity index is 2.15. The molecule has 114 valence electrons. The number of nitro benzene ring substituents is 1. The summed E-state index contributed by atoms with van der Waals surface area (Å²) in [4.78, 5) is 21.9. The fraction of sp³-hybridized carbons (Fsp3) is 0.188. The quantitative estimate of drug-likeness (QED) is 0.520. The minimum absolute atomic E-state index is 0.0383. The molecule has 0 unspecified atom stereocenters. The number of nitrogens with one attached hydrogen (secondary N) is 1. The third-order valence-corrected chi connectivity index (χ3v) is 3.26. The molecular weight excluding hydrogens is 284 g/mol. The molecule has 0 radical (unpaired) electrons. The van der Waals surface area contributed by atoms with Crippen LogP contribution in [0.5, 0.6) is 0 Å². The lowest BCUT2D eigenvalue weighted by Crippen LogP contribution is -2.05. The first-order valence-electron chi connectivity index (χ1n) is 6.67. The Hall–Kier alpha value is -2.89. The minimum atomic E-state index is -0.428. The number of hydrogen-bond acceptors (Lipinski definition) is 5. The Bertz CT molecular complexity index is 713. The highest BCUT2D eigenvalue weighted by molar-refractivity contribution is 5.89. The minimum Gasteiger partial charge on any atom is -0.465 e. The summed E-state index contributed by atoms with van der Waals surface area (Å²) < 4.78 is 4.68. The van der Waals surface area contributed by atoms with E-state index in [1.165, 1.54) is 19.2 Å². The molecule has 0 aliphatic rings. The number of hydrogen-bond donors (Lipinski definition) is 1. The highest BCUT2D eigenvalue weighted by Gasteiger charge is 2.09. The van der Waals surface area contributed by atoms with Crippen LogP contribution in [0.15, 0.2) is 42.5 Å². The third kappa shape index (κ3) is 3.60. The summed E-state index contributed by atoms with van der Waals surface area (Å²) in [6.07, 6.45) is 0. The van der Waals surface area contributed by atoms with Crippen molar-refractivity contribution in [2.75, 3.05) is 12.4 Å². The molecule has 0 heterocycles. The van der Waals surface area contributed by atoms with Gasteiger partial charge in [0.25, 0.3) is 5.69 Å². The molecule has 0 aromatic heterocycles. The highest BCUT2D eigenvalue weighted by Crippen LogP contribution is 2.22. The molecule has 6 heteroatoms. The zero-order valence-corrected chi connectivity index (χ0v) is 12.3. The molecule has 0 bridgehead atoms. The molecule has 22 heavy (non-hydrogen) atoms. The number of non-ortho nitro benzene ring substituents is 1. The maximum absolute atomic E-state index is 11.5. The molecule has 0 aliphatic carbocycles. The molecule has 2 aromatic rings. The number of anilines is 1. The Morgan fingerprint density at radius 3 is 2.73 bits per heavy atom. The molecular formula is C16H16N2O4. The number of ether oxygens (including phenoxy) is 1. The Morgan fingerprint density at radius 1 is 1.27 bits per heavy atom. The summed E-state index contributed by atoms with van der Waals surface area (Å²) in [5.41, 5.74) is 3.00. The van der Waals surface area contributed by atoms with Crippen LogP contribution in [0.25, 0.3) is 0 Å². The molecule has 0 fully saturated rings.